The van der Waals surface area contributed by atoms with E-state index in [-0.39, 0.29) is 0 Å². The quantitative estimate of drug-likeness (QED) is 0.569. The van der Waals surface area contributed by atoms with Crippen molar-refractivity contribution in [3.05, 3.63) is 12.8 Å². The van der Waals surface area contributed by atoms with Crippen molar-refractivity contribution in [2.45, 2.75) is 24.9 Å². The number of nitrogens with zero attached hydrogens (tertiary/aromatic N) is 1. The van der Waals surface area contributed by atoms with Gasteiger partial charge in [0.25, 0.3) is 0 Å². The van der Waals surface area contributed by atoms with Crippen LogP contribution in [-0.4, -0.2) is 30.1 Å². The van der Waals surface area contributed by atoms with Crippen LogP contribution in [0.4, 0.5) is 0 Å². The van der Waals surface area contributed by atoms with E-state index in [1.54, 1.807) is 0 Å². The van der Waals surface area contributed by atoms with Crippen molar-refractivity contribution in [3.63, 3.8) is 0 Å². The van der Waals surface area contributed by atoms with E-state index < -0.39 is 0 Å². The van der Waals surface area contributed by atoms with E-state index in [4.69, 9.17) is 0 Å². The van der Waals surface area contributed by atoms with E-state index in [1.165, 1.54) is 12.8 Å². The molecule has 2 nitrogen and oxygen atoms in total. The zero-order valence-corrected chi connectivity index (χ0v) is 6.21. The minimum atomic E-state index is 0.747. The lowest BCUT2D eigenvalue weighted by atomic mass is 10.2. The molecule has 2 atom stereocenters. The van der Waals surface area contributed by atoms with Gasteiger partial charge in [0, 0.05) is 25.2 Å². The number of nitrogens with one attached hydrogen (secondary N) is 1. The summed E-state index contributed by atoms with van der Waals surface area (Å²) in [5, 5.41) is 3.42. The summed E-state index contributed by atoms with van der Waals surface area (Å²) in [6.45, 7) is 6.13. The molecular weight excluding hydrogens is 124 g/mol. The summed E-state index contributed by atoms with van der Waals surface area (Å²) in [5.41, 5.74) is 0. The van der Waals surface area contributed by atoms with Crippen LogP contribution in [0.15, 0.2) is 12.8 Å². The van der Waals surface area contributed by atoms with E-state index in [1.807, 2.05) is 6.20 Å². The Bertz CT molecular complexity index is 128. The van der Waals surface area contributed by atoms with Gasteiger partial charge >= 0.3 is 0 Å². The molecule has 2 fully saturated rings. The van der Waals surface area contributed by atoms with Gasteiger partial charge in [0.05, 0.1) is 0 Å². The Morgan fingerprint density at radius 3 is 2.30 bits per heavy atom. The van der Waals surface area contributed by atoms with Crippen molar-refractivity contribution >= 4 is 0 Å². The molecule has 0 amide bonds. The zero-order valence-electron chi connectivity index (χ0n) is 6.21. The topological polar surface area (TPSA) is 15.3 Å². The Morgan fingerprint density at radius 2 is 1.90 bits per heavy atom. The Hall–Kier alpha value is -0.500. The highest BCUT2D eigenvalue weighted by atomic mass is 15.3. The number of rotatable bonds is 1. The molecule has 0 saturated carbocycles. The SMILES string of the molecule is C=CN1C2CCC1CNC2. The molecule has 2 saturated heterocycles. The van der Waals surface area contributed by atoms with Crippen molar-refractivity contribution in [2.24, 2.45) is 0 Å². The van der Waals surface area contributed by atoms with Gasteiger partial charge in [-0.3, -0.25) is 0 Å². The fourth-order valence-corrected chi connectivity index (χ4v) is 2.11. The van der Waals surface area contributed by atoms with Crippen molar-refractivity contribution < 1.29 is 0 Å². The Kier molecular flexibility index (Phi) is 1.42. The predicted molar refractivity (Wildman–Crippen MR) is 41.7 cm³/mol. The largest absolute Gasteiger partial charge is 0.370 e. The zero-order chi connectivity index (χ0) is 6.97. The third-order valence-corrected chi connectivity index (χ3v) is 2.65. The fraction of sp³-hybridized carbons (Fsp3) is 0.750. The van der Waals surface area contributed by atoms with Crippen molar-refractivity contribution in [3.8, 4) is 0 Å². The number of hydrogen-bond donors (Lipinski definition) is 1. The summed E-state index contributed by atoms with van der Waals surface area (Å²) in [6.07, 6.45) is 4.70. The molecule has 0 aliphatic carbocycles. The highest BCUT2D eigenvalue weighted by molar-refractivity contribution is 4.98. The molecule has 2 rings (SSSR count). The van der Waals surface area contributed by atoms with Crippen molar-refractivity contribution in [1.82, 2.24) is 10.2 Å². The molecule has 2 heteroatoms. The normalized spacial score (nSPS) is 38.2. The van der Waals surface area contributed by atoms with Crippen molar-refractivity contribution in [1.29, 1.82) is 0 Å². The maximum atomic E-state index is 3.82. The van der Waals surface area contributed by atoms with Crippen LogP contribution in [0, 0.1) is 0 Å². The maximum Gasteiger partial charge on any atom is 0.0413 e. The van der Waals surface area contributed by atoms with Gasteiger partial charge in [0.15, 0.2) is 0 Å². The molecule has 2 aliphatic heterocycles. The van der Waals surface area contributed by atoms with Crippen LogP contribution in [-0.2, 0) is 0 Å². The molecule has 0 aromatic carbocycles. The lowest BCUT2D eigenvalue weighted by molar-refractivity contribution is 0.223. The summed E-state index contributed by atoms with van der Waals surface area (Å²) in [5.74, 6) is 0. The average Bonchev–Trinajstić information content (AvgIpc) is 2.19. The molecule has 2 bridgehead atoms. The molecular formula is C8H14N2. The monoisotopic (exact) mass is 138 g/mol. The lowest BCUT2D eigenvalue weighted by Crippen LogP contribution is -2.48. The molecule has 10 heavy (non-hydrogen) atoms. The summed E-state index contributed by atoms with van der Waals surface area (Å²) in [4.78, 5) is 2.41. The number of hydrogen-bond acceptors (Lipinski definition) is 2. The second-order valence-electron chi connectivity index (χ2n) is 3.17. The molecule has 0 aromatic rings. The Morgan fingerprint density at radius 1 is 1.30 bits per heavy atom. The summed E-state index contributed by atoms with van der Waals surface area (Å²) in [6, 6.07) is 1.49. The molecule has 2 heterocycles. The van der Waals surface area contributed by atoms with E-state index in [0.717, 1.165) is 25.2 Å². The van der Waals surface area contributed by atoms with Crippen molar-refractivity contribution in [2.75, 3.05) is 13.1 Å². The molecule has 2 aliphatic rings. The van der Waals surface area contributed by atoms with E-state index in [2.05, 4.69) is 16.8 Å². The molecule has 0 radical (unpaired) electrons. The molecule has 0 aromatic heterocycles. The average molecular weight is 138 g/mol. The molecule has 2 unspecified atom stereocenters. The van der Waals surface area contributed by atoms with Gasteiger partial charge in [0.1, 0.15) is 0 Å². The first kappa shape index (κ1) is 6.23. The third-order valence-electron chi connectivity index (χ3n) is 2.65. The first-order chi connectivity index (χ1) is 4.92. The molecule has 0 spiro atoms. The van der Waals surface area contributed by atoms with Gasteiger partial charge in [-0.25, -0.2) is 0 Å². The summed E-state index contributed by atoms with van der Waals surface area (Å²) < 4.78 is 0. The number of fused-ring (bicyclic) bond motifs is 2. The van der Waals surface area contributed by atoms with Crippen LogP contribution in [0.1, 0.15) is 12.8 Å². The van der Waals surface area contributed by atoms with Gasteiger partial charge in [-0.05, 0) is 19.0 Å². The molecule has 56 valence electrons. The van der Waals surface area contributed by atoms with Crippen LogP contribution in [0.5, 0.6) is 0 Å². The lowest BCUT2D eigenvalue weighted by Gasteiger charge is -2.33. The minimum absolute atomic E-state index is 0.747. The smallest absolute Gasteiger partial charge is 0.0413 e. The van der Waals surface area contributed by atoms with Gasteiger partial charge in [-0.1, -0.05) is 6.58 Å². The van der Waals surface area contributed by atoms with Crippen LogP contribution in [0.2, 0.25) is 0 Å². The standard InChI is InChI=1S/C8H14N2/c1-2-10-7-3-4-8(10)6-9-5-7/h2,7-9H,1,3-6H2. The van der Waals surface area contributed by atoms with E-state index >= 15 is 0 Å². The minimum Gasteiger partial charge on any atom is -0.370 e. The van der Waals surface area contributed by atoms with Gasteiger partial charge < -0.3 is 10.2 Å². The third kappa shape index (κ3) is 0.754. The van der Waals surface area contributed by atoms with Crippen LogP contribution in [0.3, 0.4) is 0 Å². The maximum absolute atomic E-state index is 3.82. The predicted octanol–water partition coefficient (Wildman–Crippen LogP) is 0.566. The molecule has 1 N–H and O–H groups in total. The van der Waals surface area contributed by atoms with Crippen LogP contribution in [0.25, 0.3) is 0 Å². The van der Waals surface area contributed by atoms with Gasteiger partial charge in [-0.15, -0.1) is 0 Å². The Labute approximate surface area is 61.9 Å². The highest BCUT2D eigenvalue weighted by Crippen LogP contribution is 2.25. The highest BCUT2D eigenvalue weighted by Gasteiger charge is 2.33. The van der Waals surface area contributed by atoms with Crippen LogP contribution < -0.4 is 5.32 Å². The van der Waals surface area contributed by atoms with E-state index in [9.17, 15) is 0 Å². The van der Waals surface area contributed by atoms with Gasteiger partial charge in [0.2, 0.25) is 0 Å². The fourth-order valence-electron chi connectivity index (χ4n) is 2.11. The Balaban J connectivity index is 2.13. The first-order valence-corrected chi connectivity index (χ1v) is 4.02. The van der Waals surface area contributed by atoms with Gasteiger partial charge in [-0.2, -0.15) is 0 Å². The van der Waals surface area contributed by atoms with E-state index in [0.29, 0.717) is 0 Å². The summed E-state index contributed by atoms with van der Waals surface area (Å²) in [7, 11) is 0. The second kappa shape index (κ2) is 2.27. The van der Waals surface area contributed by atoms with Crippen LogP contribution >= 0.6 is 0 Å². The summed E-state index contributed by atoms with van der Waals surface area (Å²) >= 11 is 0. The first-order valence-electron chi connectivity index (χ1n) is 4.02. The second-order valence-corrected chi connectivity index (χ2v) is 3.17. The number of piperazine rings is 1.